The molecule has 0 bridgehead atoms. The Hall–Kier alpha value is -2.49. The molecular weight excluding hydrogens is 268 g/mol. The van der Waals surface area contributed by atoms with E-state index in [0.29, 0.717) is 24.5 Å². The molecule has 4 nitrogen and oxygen atoms in total. The van der Waals surface area contributed by atoms with E-state index in [-0.39, 0.29) is 6.42 Å². The Bertz CT molecular complexity index is 691. The third-order valence-corrected chi connectivity index (χ3v) is 3.69. The molecule has 0 unspecified atom stereocenters. The first kappa shape index (κ1) is 13.5. The fraction of sp³-hybridized carbons (Fsp3) is 0.235. The van der Waals surface area contributed by atoms with E-state index >= 15 is 0 Å². The number of aliphatic carboxylic acids is 1. The van der Waals surface area contributed by atoms with Crippen molar-refractivity contribution in [2.45, 2.75) is 19.4 Å². The van der Waals surface area contributed by atoms with Crippen molar-refractivity contribution in [1.29, 1.82) is 0 Å². The molecule has 0 atom stereocenters. The van der Waals surface area contributed by atoms with E-state index in [1.807, 2.05) is 36.4 Å². The third-order valence-electron chi connectivity index (χ3n) is 3.69. The van der Waals surface area contributed by atoms with Crippen molar-refractivity contribution in [3.05, 3.63) is 47.5 Å². The molecule has 1 heterocycles. The average molecular weight is 284 g/mol. The molecule has 1 aliphatic heterocycles. The van der Waals surface area contributed by atoms with Gasteiger partial charge in [0.2, 0.25) is 0 Å². The van der Waals surface area contributed by atoms with Gasteiger partial charge in [-0.15, -0.1) is 0 Å². The van der Waals surface area contributed by atoms with E-state index < -0.39 is 5.97 Å². The van der Waals surface area contributed by atoms with Gasteiger partial charge in [0.1, 0.15) is 6.61 Å². The summed E-state index contributed by atoms with van der Waals surface area (Å²) in [4.78, 5) is 10.9. The molecule has 0 amide bonds. The molecule has 2 aromatic carbocycles. The van der Waals surface area contributed by atoms with Crippen molar-refractivity contribution in [3.8, 4) is 22.6 Å². The van der Waals surface area contributed by atoms with E-state index in [1.165, 1.54) is 0 Å². The van der Waals surface area contributed by atoms with Crippen LogP contribution in [0.5, 0.6) is 11.5 Å². The standard InChI is InChI=1S/C17H16O4/c1-20-14-8-6-11(7-9-15(18)19)16-13-5-3-2-4-12(13)10-21-17(14)16/h2-6,8H,7,9-10H2,1H3,(H,18,19). The molecule has 108 valence electrons. The normalized spacial score (nSPS) is 12.0. The maximum atomic E-state index is 10.9. The summed E-state index contributed by atoms with van der Waals surface area (Å²) in [5, 5.41) is 8.92. The van der Waals surface area contributed by atoms with Crippen LogP contribution in [-0.4, -0.2) is 18.2 Å². The van der Waals surface area contributed by atoms with Gasteiger partial charge in [0.05, 0.1) is 7.11 Å². The van der Waals surface area contributed by atoms with Crippen LogP contribution >= 0.6 is 0 Å². The van der Waals surface area contributed by atoms with Crippen LogP contribution in [0.25, 0.3) is 11.1 Å². The zero-order valence-electron chi connectivity index (χ0n) is 11.8. The molecule has 3 rings (SSSR count). The molecule has 0 saturated heterocycles. The number of benzene rings is 2. The highest BCUT2D eigenvalue weighted by Crippen LogP contribution is 2.45. The summed E-state index contributed by atoms with van der Waals surface area (Å²) in [5.41, 5.74) is 4.13. The van der Waals surface area contributed by atoms with Crippen molar-refractivity contribution < 1.29 is 19.4 Å². The zero-order chi connectivity index (χ0) is 14.8. The highest BCUT2D eigenvalue weighted by Gasteiger charge is 2.23. The average Bonchev–Trinajstić information content (AvgIpc) is 2.52. The number of carbonyl (C=O) groups is 1. The van der Waals surface area contributed by atoms with Gasteiger partial charge in [0, 0.05) is 12.0 Å². The molecule has 2 aromatic rings. The summed E-state index contributed by atoms with van der Waals surface area (Å²) in [5.74, 6) is 0.585. The van der Waals surface area contributed by atoms with Crippen LogP contribution in [0.1, 0.15) is 17.5 Å². The van der Waals surface area contributed by atoms with Gasteiger partial charge >= 0.3 is 5.97 Å². The Morgan fingerprint density at radius 3 is 2.86 bits per heavy atom. The van der Waals surface area contributed by atoms with Crippen LogP contribution in [0.2, 0.25) is 0 Å². The Balaban J connectivity index is 2.15. The van der Waals surface area contributed by atoms with Gasteiger partial charge in [0.15, 0.2) is 11.5 Å². The summed E-state index contributed by atoms with van der Waals surface area (Å²) in [6.45, 7) is 0.502. The highest BCUT2D eigenvalue weighted by atomic mass is 16.5. The van der Waals surface area contributed by atoms with Crippen LogP contribution in [-0.2, 0) is 17.8 Å². The molecule has 4 heteroatoms. The lowest BCUT2D eigenvalue weighted by Crippen LogP contribution is -2.09. The third kappa shape index (κ3) is 2.44. The van der Waals surface area contributed by atoms with Crippen LogP contribution in [0.4, 0.5) is 0 Å². The number of carboxylic acid groups (broad SMARTS) is 1. The predicted molar refractivity (Wildman–Crippen MR) is 78.7 cm³/mol. The van der Waals surface area contributed by atoms with Gasteiger partial charge in [-0.25, -0.2) is 0 Å². The number of hydrogen-bond donors (Lipinski definition) is 1. The number of rotatable bonds is 4. The monoisotopic (exact) mass is 284 g/mol. The second-order valence-electron chi connectivity index (χ2n) is 4.97. The summed E-state index contributed by atoms with van der Waals surface area (Å²) < 4.78 is 11.2. The summed E-state index contributed by atoms with van der Waals surface area (Å²) >= 11 is 0. The molecular formula is C17H16O4. The van der Waals surface area contributed by atoms with Crippen molar-refractivity contribution in [1.82, 2.24) is 0 Å². The van der Waals surface area contributed by atoms with Crippen LogP contribution < -0.4 is 9.47 Å². The molecule has 0 aliphatic carbocycles. The van der Waals surface area contributed by atoms with Gasteiger partial charge in [-0.3, -0.25) is 4.79 Å². The molecule has 0 saturated carbocycles. The quantitative estimate of drug-likeness (QED) is 0.936. The Morgan fingerprint density at radius 1 is 1.29 bits per heavy atom. The topological polar surface area (TPSA) is 55.8 Å². The number of fused-ring (bicyclic) bond motifs is 3. The number of ether oxygens (including phenoxy) is 2. The minimum absolute atomic E-state index is 0.0982. The van der Waals surface area contributed by atoms with Crippen LogP contribution in [0.3, 0.4) is 0 Å². The van der Waals surface area contributed by atoms with Gasteiger partial charge in [0.25, 0.3) is 0 Å². The Morgan fingerprint density at radius 2 is 2.10 bits per heavy atom. The van der Waals surface area contributed by atoms with E-state index in [0.717, 1.165) is 22.3 Å². The molecule has 1 N–H and O–H groups in total. The molecule has 0 fully saturated rings. The lowest BCUT2D eigenvalue weighted by atomic mass is 9.90. The maximum Gasteiger partial charge on any atom is 0.303 e. The second-order valence-corrected chi connectivity index (χ2v) is 4.97. The van der Waals surface area contributed by atoms with E-state index in [4.69, 9.17) is 14.6 Å². The van der Waals surface area contributed by atoms with Crippen molar-refractivity contribution in [2.24, 2.45) is 0 Å². The predicted octanol–water partition coefficient (Wildman–Crippen LogP) is 3.27. The van der Waals surface area contributed by atoms with Gasteiger partial charge < -0.3 is 14.6 Å². The SMILES string of the molecule is COc1ccc(CCC(=O)O)c2c1OCc1ccccc1-2. The highest BCUT2D eigenvalue weighted by molar-refractivity contribution is 5.81. The van der Waals surface area contributed by atoms with E-state index in [9.17, 15) is 4.79 Å². The summed E-state index contributed by atoms with van der Waals surface area (Å²) in [6, 6.07) is 11.8. The fourth-order valence-electron chi connectivity index (χ4n) is 2.69. The first-order valence-electron chi connectivity index (χ1n) is 6.83. The minimum atomic E-state index is -0.801. The minimum Gasteiger partial charge on any atom is -0.493 e. The van der Waals surface area contributed by atoms with Crippen molar-refractivity contribution in [3.63, 3.8) is 0 Å². The number of carboxylic acids is 1. The summed E-state index contributed by atoms with van der Waals surface area (Å²) in [6.07, 6.45) is 0.570. The lowest BCUT2D eigenvalue weighted by Gasteiger charge is -2.25. The fourth-order valence-corrected chi connectivity index (χ4v) is 2.69. The van der Waals surface area contributed by atoms with Crippen molar-refractivity contribution >= 4 is 5.97 Å². The largest absolute Gasteiger partial charge is 0.493 e. The van der Waals surface area contributed by atoms with Crippen LogP contribution in [0, 0.1) is 0 Å². The maximum absolute atomic E-state index is 10.9. The number of aryl methyl sites for hydroxylation is 1. The Kier molecular flexibility index (Phi) is 3.52. The molecule has 1 aliphatic rings. The smallest absolute Gasteiger partial charge is 0.303 e. The Labute approximate surface area is 122 Å². The van der Waals surface area contributed by atoms with E-state index in [2.05, 4.69) is 0 Å². The molecule has 0 aromatic heterocycles. The first-order chi connectivity index (χ1) is 10.2. The number of methoxy groups -OCH3 is 1. The molecule has 0 radical (unpaired) electrons. The lowest BCUT2D eigenvalue weighted by molar-refractivity contribution is -0.136. The molecule has 0 spiro atoms. The van der Waals surface area contributed by atoms with Gasteiger partial charge in [-0.2, -0.15) is 0 Å². The second kappa shape index (κ2) is 5.48. The molecule has 21 heavy (non-hydrogen) atoms. The number of hydrogen-bond acceptors (Lipinski definition) is 3. The van der Waals surface area contributed by atoms with Gasteiger partial charge in [-0.1, -0.05) is 30.3 Å². The van der Waals surface area contributed by atoms with Crippen molar-refractivity contribution in [2.75, 3.05) is 7.11 Å². The first-order valence-corrected chi connectivity index (χ1v) is 6.83. The van der Waals surface area contributed by atoms with Gasteiger partial charge in [-0.05, 0) is 29.2 Å². The zero-order valence-corrected chi connectivity index (χ0v) is 11.8. The van der Waals surface area contributed by atoms with E-state index in [1.54, 1.807) is 7.11 Å². The summed E-state index contributed by atoms with van der Waals surface area (Å²) in [7, 11) is 1.61. The van der Waals surface area contributed by atoms with Crippen LogP contribution in [0.15, 0.2) is 36.4 Å².